The molecule has 0 saturated heterocycles. The molecule has 3 rings (SSSR count). The summed E-state index contributed by atoms with van der Waals surface area (Å²) < 4.78 is 31.9. The van der Waals surface area contributed by atoms with E-state index in [4.69, 9.17) is 5.53 Å². The minimum absolute atomic E-state index is 0.758. The Labute approximate surface area is 152 Å². The van der Waals surface area contributed by atoms with Crippen molar-refractivity contribution in [1.29, 1.82) is 0 Å². The topological polar surface area (TPSA) is 95.3 Å². The molecule has 0 saturated carbocycles. The van der Waals surface area contributed by atoms with Crippen molar-refractivity contribution in [2.24, 2.45) is 8.67 Å². The number of benzene rings is 3. The number of hydrogen-bond donors (Lipinski definition) is 0. The molecule has 0 amide bonds. The maximum absolute atomic E-state index is 12.4. The van der Waals surface area contributed by atoms with Crippen molar-refractivity contribution < 1.29 is 8.42 Å². The van der Waals surface area contributed by atoms with Gasteiger partial charge in [-0.3, -0.25) is 0 Å². The van der Waals surface area contributed by atoms with Gasteiger partial charge in [0.1, 0.15) is 0 Å². The van der Waals surface area contributed by atoms with E-state index in [1.807, 2.05) is 91.0 Å². The van der Waals surface area contributed by atoms with E-state index in [0.29, 0.717) is 0 Å². The van der Waals surface area contributed by atoms with Gasteiger partial charge in [0.05, 0.1) is 11.6 Å². The fraction of sp³-hybridized carbons (Fsp3) is 0. The normalized spacial score (nSPS) is 11.4. The molecule has 3 aromatic carbocycles. The van der Waals surface area contributed by atoms with Gasteiger partial charge in [-0.2, -0.15) is 12.6 Å². The summed E-state index contributed by atoms with van der Waals surface area (Å²) in [6.07, 6.45) is 0. The highest BCUT2D eigenvalue weighted by atomic mass is 32.2. The van der Waals surface area contributed by atoms with Gasteiger partial charge in [-0.05, 0) is 5.53 Å². The van der Waals surface area contributed by atoms with Crippen molar-refractivity contribution in [2.45, 2.75) is 0 Å². The maximum Gasteiger partial charge on any atom is 0.342 e. The van der Waals surface area contributed by atoms with Crippen molar-refractivity contribution in [3.05, 3.63) is 101 Å². The third kappa shape index (κ3) is 3.55. The van der Waals surface area contributed by atoms with E-state index in [1.54, 1.807) is 0 Å². The van der Waals surface area contributed by atoms with Gasteiger partial charge >= 0.3 is 10.2 Å². The maximum atomic E-state index is 12.4. The lowest BCUT2D eigenvalue weighted by atomic mass is 10.4. The van der Waals surface area contributed by atoms with Gasteiger partial charge < -0.3 is 0 Å². The molecule has 0 aliphatic heterocycles. The minimum Gasteiger partial charge on any atom is -0.196 e. The van der Waals surface area contributed by atoms with Crippen molar-refractivity contribution >= 4 is 33.2 Å². The highest BCUT2D eigenvalue weighted by Crippen LogP contribution is 2.47. The van der Waals surface area contributed by atoms with E-state index in [9.17, 15) is 8.42 Å². The van der Waals surface area contributed by atoms with E-state index < -0.39 is 17.3 Å². The predicted molar refractivity (Wildman–Crippen MR) is 106 cm³/mol. The van der Waals surface area contributed by atoms with E-state index >= 15 is 0 Å². The summed E-state index contributed by atoms with van der Waals surface area (Å²) in [4.78, 5) is 2.43. The molecule has 3 aromatic rings. The summed E-state index contributed by atoms with van der Waals surface area (Å²) in [7, 11) is -7.28. The smallest absolute Gasteiger partial charge is 0.196 e. The van der Waals surface area contributed by atoms with Gasteiger partial charge in [-0.1, -0.05) is 91.0 Å². The largest absolute Gasteiger partial charge is 0.342 e. The third-order valence-corrected chi connectivity index (χ3v) is 8.98. The minimum atomic E-state index is -4.35. The Morgan fingerprint density at radius 2 is 1.04 bits per heavy atom. The Balaban J connectivity index is 2.52. The van der Waals surface area contributed by atoms with Gasteiger partial charge in [0.2, 0.25) is 0 Å². The first-order chi connectivity index (χ1) is 12.6. The average Bonchev–Trinajstić information content (AvgIpc) is 2.68. The molecule has 0 N–H and O–H groups in total. The summed E-state index contributed by atoms with van der Waals surface area (Å²) in [6, 6.07) is 27.7. The molecule has 0 unspecified atom stereocenters. The fourth-order valence-electron chi connectivity index (χ4n) is 2.74. The molecule has 130 valence electrons. The van der Waals surface area contributed by atoms with Crippen molar-refractivity contribution in [3.63, 3.8) is 0 Å². The Morgan fingerprint density at radius 3 is 1.35 bits per heavy atom. The van der Waals surface area contributed by atoms with Crippen LogP contribution in [0.2, 0.25) is 0 Å². The van der Waals surface area contributed by atoms with Crippen molar-refractivity contribution in [2.75, 3.05) is 0 Å². The first-order valence-electron chi connectivity index (χ1n) is 7.70. The fourth-order valence-corrected chi connectivity index (χ4v) is 8.03. The van der Waals surface area contributed by atoms with E-state index in [-0.39, 0.29) is 0 Å². The van der Waals surface area contributed by atoms with Crippen molar-refractivity contribution in [3.8, 4) is 0 Å². The molecule has 0 aromatic heterocycles. The van der Waals surface area contributed by atoms with Crippen LogP contribution in [0.3, 0.4) is 0 Å². The van der Waals surface area contributed by atoms with Crippen LogP contribution < -0.4 is 15.9 Å². The van der Waals surface area contributed by atoms with Crippen LogP contribution in [0.1, 0.15) is 0 Å². The molecule has 0 radical (unpaired) electrons. The third-order valence-electron chi connectivity index (χ3n) is 3.75. The van der Waals surface area contributed by atoms with Gasteiger partial charge in [-0.25, -0.2) is 0 Å². The van der Waals surface area contributed by atoms with Crippen LogP contribution in [0.15, 0.2) is 99.7 Å². The second-order valence-corrected chi connectivity index (χ2v) is 9.87. The Bertz CT molecular complexity index is 992. The zero-order chi connectivity index (χ0) is 18.5. The Morgan fingerprint density at radius 1 is 0.692 bits per heavy atom. The molecule has 0 aliphatic carbocycles. The number of nitrogens with zero attached hydrogens (tertiary/aromatic N) is 4. The predicted octanol–water partition coefficient (Wildman–Crippen LogP) is 3.72. The summed E-state index contributed by atoms with van der Waals surface area (Å²) in [6.45, 7) is 0. The molecule has 0 spiro atoms. The quantitative estimate of drug-likeness (QED) is 0.291. The van der Waals surface area contributed by atoms with Gasteiger partial charge in [0.25, 0.3) is 0 Å². The van der Waals surface area contributed by atoms with E-state index in [1.165, 1.54) is 0 Å². The lowest BCUT2D eigenvalue weighted by molar-refractivity contribution is 0.600. The lowest BCUT2D eigenvalue weighted by Gasteiger charge is -2.25. The molecule has 0 heterocycles. The van der Waals surface area contributed by atoms with Gasteiger partial charge in [-0.15, -0.1) is 0 Å². The Hall–Kier alpha value is -2.85. The number of hydrogen-bond acceptors (Lipinski definition) is 2. The van der Waals surface area contributed by atoms with E-state index in [0.717, 1.165) is 15.9 Å². The van der Waals surface area contributed by atoms with Gasteiger partial charge in [0.15, 0.2) is 0 Å². The highest BCUT2D eigenvalue weighted by molar-refractivity contribution is 7.98. The van der Waals surface area contributed by atoms with Crippen molar-refractivity contribution in [1.82, 2.24) is 0 Å². The molecule has 6 nitrogen and oxygen atoms in total. The first-order valence-corrected chi connectivity index (χ1v) is 10.8. The van der Waals surface area contributed by atoms with Crippen LogP contribution >= 0.6 is 7.05 Å². The Kier molecular flexibility index (Phi) is 5.24. The number of azide groups is 1. The first kappa shape index (κ1) is 18.0. The molecule has 0 atom stereocenters. The SMILES string of the molecule is [N-]=[N+]=NS(=O)(=O)N=P(c1ccccc1)(c1ccccc1)c1ccccc1. The standard InChI is InChI=1S/C18H15N4O2PS/c19-20-21-26(23,24)22-25(16-10-4-1-5-11-16,17-12-6-2-7-13-17)18-14-8-3-9-15-18/h1-15H. The molecule has 8 heteroatoms. The monoisotopic (exact) mass is 382 g/mol. The highest BCUT2D eigenvalue weighted by Gasteiger charge is 2.30. The van der Waals surface area contributed by atoms with Crippen LogP contribution in [0.25, 0.3) is 10.4 Å². The average molecular weight is 382 g/mol. The summed E-state index contributed by atoms with van der Waals surface area (Å²) in [5.74, 6) is 0. The van der Waals surface area contributed by atoms with Gasteiger partial charge in [0, 0.05) is 20.8 Å². The molecule has 26 heavy (non-hydrogen) atoms. The van der Waals surface area contributed by atoms with Crippen LogP contribution in [-0.4, -0.2) is 8.42 Å². The molecular formula is C18H15N4O2PS. The van der Waals surface area contributed by atoms with Crippen LogP contribution in [0.5, 0.6) is 0 Å². The zero-order valence-electron chi connectivity index (χ0n) is 13.6. The zero-order valence-corrected chi connectivity index (χ0v) is 15.3. The second kappa shape index (κ2) is 7.58. The summed E-state index contributed by atoms with van der Waals surface area (Å²) in [5.41, 5.74) is 8.64. The van der Waals surface area contributed by atoms with E-state index in [2.05, 4.69) is 13.6 Å². The van der Waals surface area contributed by atoms with Crippen LogP contribution in [0.4, 0.5) is 0 Å². The van der Waals surface area contributed by atoms with Crippen LogP contribution in [-0.2, 0) is 10.2 Å². The second-order valence-electron chi connectivity index (χ2n) is 5.34. The molecule has 0 fully saturated rings. The van der Waals surface area contributed by atoms with Crippen LogP contribution in [0, 0.1) is 0 Å². The molecule has 0 bridgehead atoms. The number of rotatable bonds is 5. The summed E-state index contributed by atoms with van der Waals surface area (Å²) in [5, 5.41) is 2.28. The molecular weight excluding hydrogens is 367 g/mol. The molecule has 0 aliphatic rings. The summed E-state index contributed by atoms with van der Waals surface area (Å²) >= 11 is 0. The lowest BCUT2D eigenvalue weighted by Crippen LogP contribution is -2.26.